The van der Waals surface area contributed by atoms with Crippen molar-refractivity contribution in [3.05, 3.63) is 29.8 Å². The Kier molecular flexibility index (Phi) is 4.10. The normalized spacial score (nSPS) is 32.5. The van der Waals surface area contributed by atoms with Gasteiger partial charge in [0.05, 0.1) is 28.6 Å². The lowest BCUT2D eigenvalue weighted by Gasteiger charge is -2.39. The Morgan fingerprint density at radius 1 is 1.20 bits per heavy atom. The number of ether oxygens (including phenoxy) is 1. The molecule has 134 valence electrons. The van der Waals surface area contributed by atoms with Gasteiger partial charge in [0.1, 0.15) is 0 Å². The summed E-state index contributed by atoms with van der Waals surface area (Å²) in [6, 6.07) is 6.73. The Morgan fingerprint density at radius 2 is 1.84 bits per heavy atom. The van der Waals surface area contributed by atoms with E-state index in [4.69, 9.17) is 4.74 Å². The molecule has 1 N–H and O–H groups in total. The molecule has 0 aliphatic heterocycles. The summed E-state index contributed by atoms with van der Waals surface area (Å²) < 4.78 is 4.79. The Labute approximate surface area is 155 Å². The number of amides is 1. The van der Waals surface area contributed by atoms with Crippen LogP contribution in [0.5, 0.6) is 0 Å². The molecule has 0 aromatic heterocycles. The van der Waals surface area contributed by atoms with Gasteiger partial charge in [-0.25, -0.2) is 4.79 Å². The number of hydrogen-bond acceptors (Lipinski definition) is 4. The quantitative estimate of drug-likeness (QED) is 0.613. The van der Waals surface area contributed by atoms with E-state index in [9.17, 15) is 14.4 Å². The average Bonchev–Trinajstić information content (AvgIpc) is 2.86. The topological polar surface area (TPSA) is 72.5 Å². The van der Waals surface area contributed by atoms with Crippen molar-refractivity contribution in [2.75, 3.05) is 12.4 Å². The Balaban J connectivity index is 2.00. The number of carbonyl (C=O) groups excluding carboxylic acids is 3. The molecule has 3 atom stereocenters. The van der Waals surface area contributed by atoms with E-state index in [0.717, 1.165) is 0 Å². The van der Waals surface area contributed by atoms with Gasteiger partial charge in [-0.1, -0.05) is 48.8 Å². The van der Waals surface area contributed by atoms with Crippen molar-refractivity contribution in [3.8, 4) is 0 Å². The second-order valence-corrected chi connectivity index (χ2v) is 8.56. The highest BCUT2D eigenvalue weighted by molar-refractivity contribution is 9.10. The fourth-order valence-corrected chi connectivity index (χ4v) is 6.08. The number of carbonyl (C=O) groups is 3. The van der Waals surface area contributed by atoms with E-state index in [-0.39, 0.29) is 11.7 Å². The van der Waals surface area contributed by atoms with E-state index in [1.54, 1.807) is 24.3 Å². The number of nitrogens with one attached hydrogen (secondary N) is 1. The molecule has 0 saturated heterocycles. The van der Waals surface area contributed by atoms with Crippen LogP contribution >= 0.6 is 15.9 Å². The second-order valence-electron chi connectivity index (χ2n) is 7.65. The highest BCUT2D eigenvalue weighted by Gasteiger charge is 2.76. The molecule has 0 heterocycles. The number of methoxy groups -OCH3 is 1. The van der Waals surface area contributed by atoms with Crippen LogP contribution in [0.15, 0.2) is 24.3 Å². The smallest absolute Gasteiger partial charge is 0.339 e. The molecule has 2 aliphatic rings. The van der Waals surface area contributed by atoms with Gasteiger partial charge in [-0.15, -0.1) is 0 Å². The molecule has 2 bridgehead atoms. The summed E-state index contributed by atoms with van der Waals surface area (Å²) in [5, 5.41) is 2.89. The summed E-state index contributed by atoms with van der Waals surface area (Å²) in [6.45, 7) is 5.93. The first-order chi connectivity index (χ1) is 11.6. The van der Waals surface area contributed by atoms with Crippen LogP contribution in [0.4, 0.5) is 5.69 Å². The summed E-state index contributed by atoms with van der Waals surface area (Å²) >= 11 is 3.50. The first kappa shape index (κ1) is 18.1. The van der Waals surface area contributed by atoms with Crippen molar-refractivity contribution in [2.24, 2.45) is 16.2 Å². The number of alkyl halides is 1. The minimum Gasteiger partial charge on any atom is -0.465 e. The molecule has 0 spiro atoms. The van der Waals surface area contributed by atoms with Crippen LogP contribution in [0.25, 0.3) is 0 Å². The van der Waals surface area contributed by atoms with Crippen molar-refractivity contribution in [2.45, 2.75) is 38.4 Å². The minimum absolute atomic E-state index is 0.0835. The summed E-state index contributed by atoms with van der Waals surface area (Å²) in [4.78, 5) is 37.5. The number of Topliss-reactive ketones (excluding diaryl/α,β-unsaturated/α-hetero) is 1. The zero-order valence-electron chi connectivity index (χ0n) is 14.8. The minimum atomic E-state index is -0.845. The highest BCUT2D eigenvalue weighted by atomic mass is 79.9. The van der Waals surface area contributed by atoms with Gasteiger partial charge < -0.3 is 10.1 Å². The number of halogens is 1. The lowest BCUT2D eigenvalue weighted by molar-refractivity contribution is -0.130. The molecule has 2 fully saturated rings. The zero-order valence-corrected chi connectivity index (χ0v) is 16.4. The van der Waals surface area contributed by atoms with Crippen molar-refractivity contribution in [1.82, 2.24) is 0 Å². The van der Waals surface area contributed by atoms with Crippen molar-refractivity contribution in [1.29, 1.82) is 0 Å². The maximum Gasteiger partial charge on any atom is 0.339 e. The van der Waals surface area contributed by atoms with E-state index in [0.29, 0.717) is 24.1 Å². The molecule has 6 heteroatoms. The standard InChI is InChI=1S/C19H22BrNO4/c1-17(2)18(3)9-10-19(17,13(20)14(18)22)16(24)21-12-8-6-5-7-11(12)15(23)25-4/h5-8,13H,9-10H2,1-4H3,(H,21,24)/t13-,18-,19+/m0/s1. The van der Waals surface area contributed by atoms with Gasteiger partial charge in [0.2, 0.25) is 5.91 Å². The predicted octanol–water partition coefficient (Wildman–Crippen LogP) is 3.57. The molecule has 0 unspecified atom stereocenters. The summed E-state index contributed by atoms with van der Waals surface area (Å²) in [7, 11) is 1.30. The van der Waals surface area contributed by atoms with E-state index in [1.807, 2.05) is 20.8 Å². The van der Waals surface area contributed by atoms with Crippen LogP contribution in [0.3, 0.4) is 0 Å². The predicted molar refractivity (Wildman–Crippen MR) is 97.7 cm³/mol. The van der Waals surface area contributed by atoms with Gasteiger partial charge in [-0.3, -0.25) is 9.59 Å². The Morgan fingerprint density at radius 3 is 2.40 bits per heavy atom. The molecular weight excluding hydrogens is 386 g/mol. The molecule has 5 nitrogen and oxygen atoms in total. The van der Waals surface area contributed by atoms with E-state index >= 15 is 0 Å². The van der Waals surface area contributed by atoms with Gasteiger partial charge in [0.25, 0.3) is 0 Å². The molecule has 3 rings (SSSR count). The SMILES string of the molecule is COC(=O)c1ccccc1NC(=O)[C@@]12CC[C@@](C)(C(=O)[C@@H]1Br)C2(C)C. The number of anilines is 1. The molecule has 2 saturated carbocycles. The van der Waals surface area contributed by atoms with Gasteiger partial charge >= 0.3 is 5.97 Å². The molecule has 2 aliphatic carbocycles. The number of hydrogen-bond donors (Lipinski definition) is 1. The number of para-hydroxylation sites is 1. The van der Waals surface area contributed by atoms with E-state index in [2.05, 4.69) is 21.2 Å². The van der Waals surface area contributed by atoms with Crippen LogP contribution in [-0.2, 0) is 14.3 Å². The van der Waals surface area contributed by atoms with Gasteiger partial charge in [-0.05, 0) is 30.4 Å². The first-order valence-corrected chi connectivity index (χ1v) is 9.22. The third-order valence-corrected chi connectivity index (χ3v) is 7.90. The fourth-order valence-electron chi connectivity index (χ4n) is 4.57. The number of ketones is 1. The Hall–Kier alpha value is -1.69. The largest absolute Gasteiger partial charge is 0.465 e. The number of esters is 1. The van der Waals surface area contributed by atoms with E-state index in [1.165, 1.54) is 7.11 Å². The molecule has 1 aromatic carbocycles. The summed E-state index contributed by atoms with van der Waals surface area (Å²) in [5.74, 6) is -0.660. The molecule has 1 aromatic rings. The van der Waals surface area contributed by atoms with Crippen LogP contribution < -0.4 is 5.32 Å². The molecular formula is C19H22BrNO4. The summed E-state index contributed by atoms with van der Waals surface area (Å²) in [5.41, 5.74) is -1.17. The summed E-state index contributed by atoms with van der Waals surface area (Å²) in [6.07, 6.45) is 1.32. The molecule has 1 amide bonds. The fraction of sp³-hybridized carbons (Fsp3) is 0.526. The van der Waals surface area contributed by atoms with Crippen LogP contribution in [-0.4, -0.2) is 29.6 Å². The lowest BCUT2D eigenvalue weighted by Crippen LogP contribution is -2.48. The average molecular weight is 408 g/mol. The van der Waals surface area contributed by atoms with Gasteiger partial charge in [-0.2, -0.15) is 0 Å². The highest BCUT2D eigenvalue weighted by Crippen LogP contribution is 2.72. The van der Waals surface area contributed by atoms with Crippen LogP contribution in [0, 0.1) is 16.2 Å². The van der Waals surface area contributed by atoms with Crippen molar-refractivity contribution in [3.63, 3.8) is 0 Å². The van der Waals surface area contributed by atoms with Gasteiger partial charge in [0, 0.05) is 5.41 Å². The first-order valence-electron chi connectivity index (χ1n) is 8.30. The second kappa shape index (κ2) is 5.66. The number of rotatable bonds is 3. The third kappa shape index (κ3) is 2.09. The molecule has 0 radical (unpaired) electrons. The lowest BCUT2D eigenvalue weighted by atomic mass is 9.64. The van der Waals surface area contributed by atoms with Crippen molar-refractivity contribution < 1.29 is 19.1 Å². The van der Waals surface area contributed by atoms with Gasteiger partial charge in [0.15, 0.2) is 5.78 Å². The zero-order chi connectivity index (χ0) is 18.6. The maximum absolute atomic E-state index is 13.3. The molecule has 25 heavy (non-hydrogen) atoms. The van der Waals surface area contributed by atoms with Crippen LogP contribution in [0.2, 0.25) is 0 Å². The van der Waals surface area contributed by atoms with E-state index < -0.39 is 27.0 Å². The number of benzene rings is 1. The van der Waals surface area contributed by atoms with Crippen LogP contribution in [0.1, 0.15) is 44.0 Å². The Bertz CT molecular complexity index is 774. The maximum atomic E-state index is 13.3. The third-order valence-electron chi connectivity index (χ3n) is 6.71. The number of fused-ring (bicyclic) bond motifs is 2. The van der Waals surface area contributed by atoms with Crippen molar-refractivity contribution >= 4 is 39.3 Å². The monoisotopic (exact) mass is 407 g/mol.